The van der Waals surface area contributed by atoms with E-state index in [4.69, 9.17) is 9.57 Å². The van der Waals surface area contributed by atoms with Crippen molar-refractivity contribution >= 4 is 6.41 Å². The average molecular weight is 281 g/mol. The molecule has 0 radical (unpaired) electrons. The van der Waals surface area contributed by atoms with Crippen LogP contribution in [-0.2, 0) is 16.1 Å². The van der Waals surface area contributed by atoms with E-state index in [1.165, 1.54) is 12.2 Å². The molecule has 1 aromatic carbocycles. The van der Waals surface area contributed by atoms with Crippen molar-refractivity contribution in [1.82, 2.24) is 5.06 Å². The van der Waals surface area contributed by atoms with Gasteiger partial charge in [-0.25, -0.2) is 5.06 Å². The van der Waals surface area contributed by atoms with Crippen LogP contribution < -0.4 is 4.74 Å². The van der Waals surface area contributed by atoms with E-state index < -0.39 is 5.60 Å². The zero-order valence-electron chi connectivity index (χ0n) is 12.7. The summed E-state index contributed by atoms with van der Waals surface area (Å²) in [6.45, 7) is 7.48. The lowest BCUT2D eigenvalue weighted by molar-refractivity contribution is -0.229. The summed E-state index contributed by atoms with van der Waals surface area (Å²) in [6.07, 6.45) is 1.13. The maximum absolute atomic E-state index is 11.1. The molecule has 0 fully saturated rings. The number of benzene rings is 1. The highest BCUT2D eigenvalue weighted by molar-refractivity contribution is 5.48. The third kappa shape index (κ3) is 4.42. The molecule has 0 bridgehead atoms. The molecule has 0 aliphatic carbocycles. The maximum Gasteiger partial charge on any atom is 0.233 e. The highest BCUT2D eigenvalue weighted by Crippen LogP contribution is 2.30. The lowest BCUT2D eigenvalue weighted by Gasteiger charge is -2.31. The Labute approximate surface area is 120 Å². The number of para-hydroxylation sites is 1. The Kier molecular flexibility index (Phi) is 5.39. The number of carbonyl (C=O) groups is 1. The van der Waals surface area contributed by atoms with Crippen molar-refractivity contribution in [2.45, 2.75) is 45.8 Å². The zero-order valence-corrected chi connectivity index (χ0v) is 12.7. The number of hydroxylamine groups is 2. The van der Waals surface area contributed by atoms with Gasteiger partial charge in [0.25, 0.3) is 0 Å². The summed E-state index contributed by atoms with van der Waals surface area (Å²) in [4.78, 5) is 16.7. The highest BCUT2D eigenvalue weighted by Gasteiger charge is 2.22. The van der Waals surface area contributed by atoms with Gasteiger partial charge in [-0.05, 0) is 45.7 Å². The first-order chi connectivity index (χ1) is 9.28. The Morgan fingerprint density at radius 2 is 2.05 bits per heavy atom. The monoisotopic (exact) mass is 281 g/mol. The lowest BCUT2D eigenvalue weighted by Crippen LogP contribution is -2.39. The van der Waals surface area contributed by atoms with Gasteiger partial charge >= 0.3 is 0 Å². The third-order valence-electron chi connectivity index (χ3n) is 2.74. The van der Waals surface area contributed by atoms with Gasteiger partial charge in [-0.3, -0.25) is 9.63 Å². The molecule has 0 aromatic heterocycles. The van der Waals surface area contributed by atoms with Gasteiger partial charge in [0.1, 0.15) is 0 Å². The molecule has 112 valence electrons. The van der Waals surface area contributed by atoms with E-state index in [1.807, 2.05) is 27.7 Å². The molecule has 0 aliphatic rings. The van der Waals surface area contributed by atoms with E-state index in [2.05, 4.69) is 0 Å². The molecule has 1 N–H and O–H groups in total. The summed E-state index contributed by atoms with van der Waals surface area (Å²) >= 11 is 0. The number of phenolic OH excluding ortho intramolecular Hbond substituents is 1. The van der Waals surface area contributed by atoms with E-state index in [-0.39, 0.29) is 11.8 Å². The maximum atomic E-state index is 11.1. The van der Waals surface area contributed by atoms with E-state index >= 15 is 0 Å². The van der Waals surface area contributed by atoms with Crippen molar-refractivity contribution < 1.29 is 19.5 Å². The molecule has 0 saturated heterocycles. The number of aromatic hydroxyl groups is 1. The number of ether oxygens (including phenoxy) is 1. The minimum atomic E-state index is -0.453. The van der Waals surface area contributed by atoms with Crippen LogP contribution in [0.4, 0.5) is 0 Å². The van der Waals surface area contributed by atoms with Gasteiger partial charge in [-0.15, -0.1) is 0 Å². The van der Waals surface area contributed by atoms with Crippen LogP contribution in [0, 0.1) is 0 Å². The van der Waals surface area contributed by atoms with Gasteiger partial charge in [0.05, 0.1) is 18.8 Å². The van der Waals surface area contributed by atoms with Gasteiger partial charge < -0.3 is 9.84 Å². The number of carbonyl (C=O) groups excluding carboxylic acids is 1. The summed E-state index contributed by atoms with van der Waals surface area (Å²) < 4.78 is 5.07. The first-order valence-corrected chi connectivity index (χ1v) is 6.56. The summed E-state index contributed by atoms with van der Waals surface area (Å²) in [5.41, 5.74) is 0.257. The van der Waals surface area contributed by atoms with E-state index in [0.29, 0.717) is 24.1 Å². The lowest BCUT2D eigenvalue weighted by atomic mass is 10.1. The molecule has 0 saturated carbocycles. The zero-order chi connectivity index (χ0) is 15.3. The number of hydrogen-bond acceptors (Lipinski definition) is 4. The third-order valence-corrected chi connectivity index (χ3v) is 2.74. The SMILES string of the molecule is COc1cccc(CC(C)N(C=O)OC(C)(C)C)c1O. The van der Waals surface area contributed by atoms with Crippen LogP contribution in [0.15, 0.2) is 18.2 Å². The van der Waals surface area contributed by atoms with Crippen LogP contribution in [0.3, 0.4) is 0 Å². The summed E-state index contributed by atoms with van der Waals surface area (Å²) in [6, 6.07) is 5.09. The molecule has 20 heavy (non-hydrogen) atoms. The second-order valence-electron chi connectivity index (χ2n) is 5.69. The Morgan fingerprint density at radius 3 is 2.55 bits per heavy atom. The first-order valence-electron chi connectivity index (χ1n) is 6.56. The smallest absolute Gasteiger partial charge is 0.233 e. The largest absolute Gasteiger partial charge is 0.504 e. The summed E-state index contributed by atoms with van der Waals surface area (Å²) in [5.74, 6) is 0.521. The molecule has 0 spiro atoms. The van der Waals surface area contributed by atoms with Crippen LogP contribution in [0.5, 0.6) is 11.5 Å². The Morgan fingerprint density at radius 1 is 1.40 bits per heavy atom. The van der Waals surface area contributed by atoms with Gasteiger partial charge in [0.2, 0.25) is 6.41 Å². The summed E-state index contributed by atoms with van der Waals surface area (Å²) in [7, 11) is 1.50. The van der Waals surface area contributed by atoms with Crippen molar-refractivity contribution in [2.75, 3.05) is 7.11 Å². The number of amides is 1. The minimum absolute atomic E-state index is 0.100. The first kappa shape index (κ1) is 16.3. The molecular formula is C15H23NO4. The number of methoxy groups -OCH3 is 1. The van der Waals surface area contributed by atoms with Gasteiger partial charge in [-0.1, -0.05) is 12.1 Å². The van der Waals surface area contributed by atoms with Crippen LogP contribution in [-0.4, -0.2) is 35.3 Å². The number of nitrogens with zero attached hydrogens (tertiary/aromatic N) is 1. The topological polar surface area (TPSA) is 59.0 Å². The fourth-order valence-electron chi connectivity index (χ4n) is 1.84. The van der Waals surface area contributed by atoms with Crippen LogP contribution in [0.25, 0.3) is 0 Å². The fourth-order valence-corrected chi connectivity index (χ4v) is 1.84. The fraction of sp³-hybridized carbons (Fsp3) is 0.533. The van der Waals surface area contributed by atoms with Crippen LogP contribution in [0.2, 0.25) is 0 Å². The average Bonchev–Trinajstić information content (AvgIpc) is 2.37. The Bertz CT molecular complexity index is 454. The normalized spacial score (nSPS) is 12.8. The second kappa shape index (κ2) is 6.61. The van der Waals surface area contributed by atoms with E-state index in [0.717, 1.165) is 0 Å². The van der Waals surface area contributed by atoms with Crippen molar-refractivity contribution in [1.29, 1.82) is 0 Å². The molecule has 0 heterocycles. The molecule has 1 unspecified atom stereocenters. The molecule has 1 amide bonds. The molecule has 0 aliphatic heterocycles. The van der Waals surface area contributed by atoms with Crippen molar-refractivity contribution in [3.8, 4) is 11.5 Å². The Balaban J connectivity index is 2.83. The van der Waals surface area contributed by atoms with E-state index in [9.17, 15) is 9.90 Å². The summed E-state index contributed by atoms with van der Waals surface area (Å²) in [5, 5.41) is 11.3. The van der Waals surface area contributed by atoms with Crippen molar-refractivity contribution in [3.05, 3.63) is 23.8 Å². The standard InChI is InChI=1S/C15H23NO4/c1-11(16(10-17)20-15(2,3)4)9-12-7-6-8-13(19-5)14(12)18/h6-8,10-11,18H,9H2,1-5H3. The molecular weight excluding hydrogens is 258 g/mol. The molecule has 5 nitrogen and oxygen atoms in total. The predicted octanol–water partition coefficient (Wildman–Crippen LogP) is 2.52. The van der Waals surface area contributed by atoms with Gasteiger partial charge in [0, 0.05) is 0 Å². The molecule has 5 heteroatoms. The Hall–Kier alpha value is -1.75. The molecule has 1 aromatic rings. The van der Waals surface area contributed by atoms with E-state index in [1.54, 1.807) is 18.2 Å². The predicted molar refractivity (Wildman–Crippen MR) is 76.6 cm³/mol. The van der Waals surface area contributed by atoms with Gasteiger partial charge in [0.15, 0.2) is 11.5 Å². The van der Waals surface area contributed by atoms with Crippen molar-refractivity contribution in [3.63, 3.8) is 0 Å². The minimum Gasteiger partial charge on any atom is -0.504 e. The number of phenols is 1. The number of rotatable bonds is 6. The molecule has 1 rings (SSSR count). The van der Waals surface area contributed by atoms with Crippen LogP contribution >= 0.6 is 0 Å². The second-order valence-corrected chi connectivity index (χ2v) is 5.69. The number of hydrogen-bond donors (Lipinski definition) is 1. The van der Waals surface area contributed by atoms with Gasteiger partial charge in [-0.2, -0.15) is 0 Å². The molecule has 1 atom stereocenters. The van der Waals surface area contributed by atoms with Crippen LogP contribution in [0.1, 0.15) is 33.3 Å². The quantitative estimate of drug-likeness (QED) is 0.643. The highest BCUT2D eigenvalue weighted by atomic mass is 16.7. The van der Waals surface area contributed by atoms with Crippen molar-refractivity contribution in [2.24, 2.45) is 0 Å².